The predicted octanol–water partition coefficient (Wildman–Crippen LogP) is 4.39. The van der Waals surface area contributed by atoms with Crippen molar-refractivity contribution >= 4 is 11.6 Å². The summed E-state index contributed by atoms with van der Waals surface area (Å²) >= 11 is 0. The number of halogens is 1. The molecular formula is C24H29FN2O3. The number of nitrogens with zero attached hydrogens (tertiary/aromatic N) is 1. The van der Waals surface area contributed by atoms with E-state index in [1.165, 1.54) is 12.1 Å². The van der Waals surface area contributed by atoms with Gasteiger partial charge in [0.05, 0.1) is 14.2 Å². The minimum atomic E-state index is -0.337. The van der Waals surface area contributed by atoms with E-state index in [0.29, 0.717) is 5.69 Å². The number of likely N-dealkylation sites (tertiary alicyclic amines) is 1. The number of hydrogen-bond acceptors (Lipinski definition) is 4. The smallest absolute Gasteiger partial charge is 0.228 e. The fourth-order valence-electron chi connectivity index (χ4n) is 4.82. The van der Waals surface area contributed by atoms with Crippen LogP contribution in [0.15, 0.2) is 36.4 Å². The summed E-state index contributed by atoms with van der Waals surface area (Å²) < 4.78 is 24.4. The number of carbonyl (C=O) groups excluding carboxylic acids is 1. The second-order valence-corrected chi connectivity index (χ2v) is 8.48. The van der Waals surface area contributed by atoms with Crippen LogP contribution in [0.4, 0.5) is 10.1 Å². The second kappa shape index (κ2) is 8.26. The first-order valence-corrected chi connectivity index (χ1v) is 10.4. The van der Waals surface area contributed by atoms with E-state index < -0.39 is 0 Å². The van der Waals surface area contributed by atoms with Gasteiger partial charge in [0.1, 0.15) is 17.3 Å². The van der Waals surface area contributed by atoms with Crippen molar-refractivity contribution in [2.75, 3.05) is 32.6 Å². The summed E-state index contributed by atoms with van der Waals surface area (Å²) in [4.78, 5) is 15.1. The van der Waals surface area contributed by atoms with Crippen molar-refractivity contribution < 1.29 is 18.7 Å². The number of anilines is 1. The number of amides is 1. The Labute approximate surface area is 177 Å². The zero-order valence-corrected chi connectivity index (χ0v) is 17.8. The van der Waals surface area contributed by atoms with Gasteiger partial charge in [-0.2, -0.15) is 0 Å². The highest BCUT2D eigenvalue weighted by atomic mass is 19.1. The molecular weight excluding hydrogens is 383 g/mol. The molecule has 30 heavy (non-hydrogen) atoms. The highest BCUT2D eigenvalue weighted by Gasteiger charge is 2.58. The lowest BCUT2D eigenvalue weighted by Gasteiger charge is -2.33. The van der Waals surface area contributed by atoms with Crippen LogP contribution < -0.4 is 14.8 Å². The molecule has 0 unspecified atom stereocenters. The Balaban J connectivity index is 1.34. The van der Waals surface area contributed by atoms with Crippen LogP contribution in [-0.2, 0) is 11.3 Å². The molecule has 1 atom stereocenters. The molecule has 2 fully saturated rings. The number of ether oxygens (including phenoxy) is 2. The van der Waals surface area contributed by atoms with E-state index in [1.54, 1.807) is 26.4 Å². The molecule has 1 N–H and O–H groups in total. The standard InChI is InChI=1S/C24H29FN2O3/c1-16-21(29-2)8-7-17(22(16)30-3)15-27-11-9-24(10-12-27)14-20(24)23(28)26-19-6-4-5-18(25)13-19/h4-8,13,20H,9-12,14-15H2,1-3H3,(H,26,28)/t20-/m1/s1. The minimum Gasteiger partial charge on any atom is -0.496 e. The molecule has 2 aromatic rings. The number of methoxy groups -OCH3 is 2. The Morgan fingerprint density at radius 1 is 1.20 bits per heavy atom. The van der Waals surface area contributed by atoms with Gasteiger partial charge in [-0.3, -0.25) is 9.69 Å². The summed E-state index contributed by atoms with van der Waals surface area (Å²) in [5, 5.41) is 2.88. The molecule has 160 valence electrons. The first-order valence-electron chi connectivity index (χ1n) is 10.4. The van der Waals surface area contributed by atoms with Gasteiger partial charge in [0.25, 0.3) is 0 Å². The van der Waals surface area contributed by atoms with Crippen molar-refractivity contribution in [2.24, 2.45) is 11.3 Å². The molecule has 1 aliphatic heterocycles. The maximum atomic E-state index is 13.4. The lowest BCUT2D eigenvalue weighted by atomic mass is 9.90. The molecule has 4 rings (SSSR count). The molecule has 2 aliphatic rings. The van der Waals surface area contributed by atoms with Gasteiger partial charge in [0, 0.05) is 29.3 Å². The average molecular weight is 413 g/mol. The van der Waals surface area contributed by atoms with Gasteiger partial charge in [-0.25, -0.2) is 4.39 Å². The Morgan fingerprint density at radius 2 is 1.97 bits per heavy atom. The van der Waals surface area contributed by atoms with E-state index in [1.807, 2.05) is 13.0 Å². The van der Waals surface area contributed by atoms with Crippen LogP contribution in [0.2, 0.25) is 0 Å². The minimum absolute atomic E-state index is 0.0153. The van der Waals surface area contributed by atoms with Crippen molar-refractivity contribution in [3.8, 4) is 11.5 Å². The summed E-state index contributed by atoms with van der Waals surface area (Å²) in [5.74, 6) is 1.42. The number of benzene rings is 2. The van der Waals surface area contributed by atoms with Crippen molar-refractivity contribution in [3.63, 3.8) is 0 Å². The third-order valence-electron chi connectivity index (χ3n) is 6.71. The topological polar surface area (TPSA) is 50.8 Å². The van der Waals surface area contributed by atoms with Crippen LogP contribution >= 0.6 is 0 Å². The Hall–Kier alpha value is -2.60. The molecule has 5 nitrogen and oxygen atoms in total. The largest absolute Gasteiger partial charge is 0.496 e. The van der Waals surface area contributed by atoms with Crippen molar-refractivity contribution in [3.05, 3.63) is 53.3 Å². The molecule has 1 saturated carbocycles. The number of carbonyl (C=O) groups is 1. The lowest BCUT2D eigenvalue weighted by molar-refractivity contribution is -0.118. The molecule has 1 aliphatic carbocycles. The molecule has 0 radical (unpaired) electrons. The van der Waals surface area contributed by atoms with E-state index in [9.17, 15) is 9.18 Å². The molecule has 0 aromatic heterocycles. The van der Waals surface area contributed by atoms with Crippen LogP contribution in [0, 0.1) is 24.1 Å². The number of piperidine rings is 1. The third kappa shape index (κ3) is 4.01. The van der Waals surface area contributed by atoms with Crippen LogP contribution in [-0.4, -0.2) is 38.1 Å². The van der Waals surface area contributed by atoms with Gasteiger partial charge in [-0.1, -0.05) is 12.1 Å². The van der Waals surface area contributed by atoms with E-state index in [0.717, 1.165) is 61.5 Å². The van der Waals surface area contributed by atoms with E-state index in [-0.39, 0.29) is 23.1 Å². The fourth-order valence-corrected chi connectivity index (χ4v) is 4.82. The zero-order valence-electron chi connectivity index (χ0n) is 17.8. The third-order valence-corrected chi connectivity index (χ3v) is 6.71. The Kier molecular flexibility index (Phi) is 5.69. The molecule has 1 amide bonds. The predicted molar refractivity (Wildman–Crippen MR) is 114 cm³/mol. The normalized spacial score (nSPS) is 20.1. The van der Waals surface area contributed by atoms with Crippen LogP contribution in [0.25, 0.3) is 0 Å². The van der Waals surface area contributed by atoms with Gasteiger partial charge in [-0.05, 0) is 69.0 Å². The number of nitrogens with one attached hydrogen (secondary N) is 1. The van der Waals surface area contributed by atoms with E-state index in [4.69, 9.17) is 9.47 Å². The fraction of sp³-hybridized carbons (Fsp3) is 0.458. The van der Waals surface area contributed by atoms with Crippen LogP contribution in [0.3, 0.4) is 0 Å². The molecule has 0 bridgehead atoms. The summed E-state index contributed by atoms with van der Waals surface area (Å²) in [6, 6.07) is 10.1. The van der Waals surface area contributed by atoms with Crippen LogP contribution in [0.5, 0.6) is 11.5 Å². The summed E-state index contributed by atoms with van der Waals surface area (Å²) in [7, 11) is 3.37. The molecule has 1 saturated heterocycles. The highest BCUT2D eigenvalue weighted by Crippen LogP contribution is 2.59. The van der Waals surface area contributed by atoms with Gasteiger partial charge in [-0.15, -0.1) is 0 Å². The average Bonchev–Trinajstić information content (AvgIpc) is 3.44. The molecule has 6 heteroatoms. The summed E-state index contributed by atoms with van der Waals surface area (Å²) in [6.45, 7) is 4.75. The highest BCUT2D eigenvalue weighted by molar-refractivity contribution is 5.95. The molecule has 1 spiro atoms. The SMILES string of the molecule is COc1ccc(CN2CCC3(CC2)C[C@@H]3C(=O)Nc2cccc(F)c2)c(OC)c1C. The van der Waals surface area contributed by atoms with E-state index >= 15 is 0 Å². The first kappa shape index (κ1) is 20.7. The van der Waals surface area contributed by atoms with Crippen molar-refractivity contribution in [1.82, 2.24) is 4.90 Å². The maximum Gasteiger partial charge on any atom is 0.228 e. The maximum absolute atomic E-state index is 13.4. The van der Waals surface area contributed by atoms with Gasteiger partial charge < -0.3 is 14.8 Å². The van der Waals surface area contributed by atoms with Crippen molar-refractivity contribution in [2.45, 2.75) is 32.7 Å². The first-order chi connectivity index (χ1) is 14.5. The lowest BCUT2D eigenvalue weighted by Crippen LogP contribution is -2.36. The van der Waals surface area contributed by atoms with Crippen LogP contribution in [0.1, 0.15) is 30.4 Å². The van der Waals surface area contributed by atoms with E-state index in [2.05, 4.69) is 16.3 Å². The number of hydrogen-bond donors (Lipinski definition) is 1. The quantitative estimate of drug-likeness (QED) is 0.765. The Morgan fingerprint density at radius 3 is 2.63 bits per heavy atom. The summed E-state index contributed by atoms with van der Waals surface area (Å²) in [6.07, 6.45) is 2.93. The Bertz CT molecular complexity index is 938. The monoisotopic (exact) mass is 412 g/mol. The molecule has 1 heterocycles. The zero-order chi connectivity index (χ0) is 21.3. The van der Waals surface area contributed by atoms with Crippen molar-refractivity contribution in [1.29, 1.82) is 0 Å². The number of rotatable bonds is 6. The molecule has 2 aromatic carbocycles. The van der Waals surface area contributed by atoms with Gasteiger partial charge >= 0.3 is 0 Å². The van der Waals surface area contributed by atoms with Gasteiger partial charge in [0.2, 0.25) is 5.91 Å². The van der Waals surface area contributed by atoms with Gasteiger partial charge in [0.15, 0.2) is 0 Å². The summed E-state index contributed by atoms with van der Waals surface area (Å²) in [5.41, 5.74) is 2.81. The second-order valence-electron chi connectivity index (χ2n) is 8.48.